The molecule has 0 radical (unpaired) electrons. The molecule has 63 heavy (non-hydrogen) atoms. The lowest BCUT2D eigenvalue weighted by Crippen LogP contribution is -2.25. The average Bonchev–Trinajstić information content (AvgIpc) is 3.29. The van der Waals surface area contributed by atoms with Gasteiger partial charge in [-0.1, -0.05) is 243 Å². The molecule has 5 nitrogen and oxygen atoms in total. The van der Waals surface area contributed by atoms with Crippen molar-refractivity contribution in [3.05, 3.63) is 99.1 Å². The van der Waals surface area contributed by atoms with Crippen LogP contribution in [0.25, 0.3) is 24.3 Å². The van der Waals surface area contributed by atoms with Gasteiger partial charge in [0.1, 0.15) is 0 Å². The lowest BCUT2D eigenvalue weighted by atomic mass is 10.0. The van der Waals surface area contributed by atoms with E-state index >= 15 is 0 Å². The molecule has 1 heterocycles. The van der Waals surface area contributed by atoms with Gasteiger partial charge in [0.2, 0.25) is 5.82 Å². The van der Waals surface area contributed by atoms with Crippen LogP contribution >= 0.6 is 0 Å². The van der Waals surface area contributed by atoms with Crippen LogP contribution < -0.4 is 4.90 Å². The number of nitrogens with zero attached hydrogens (tertiary/aromatic N) is 3. The molecule has 0 fully saturated rings. The Morgan fingerprint density at radius 2 is 0.841 bits per heavy atom. The van der Waals surface area contributed by atoms with Crippen molar-refractivity contribution in [2.24, 2.45) is 0 Å². The fourth-order valence-electron chi connectivity index (χ4n) is 8.63. The average molecular weight is 866 g/mol. The van der Waals surface area contributed by atoms with Gasteiger partial charge >= 0.3 is 5.69 Å². The highest BCUT2D eigenvalue weighted by atomic mass is 19.1. The maximum atomic E-state index is 14.0. The van der Waals surface area contributed by atoms with Crippen molar-refractivity contribution >= 4 is 35.7 Å². The normalized spacial score (nSPS) is 11.7. The molecule has 0 aliphatic rings. The van der Waals surface area contributed by atoms with E-state index in [1.54, 1.807) is 12.2 Å². The topological polar surface area (TPSA) is 59.3 Å². The molecular formula is C57H88FN3O2. The second kappa shape index (κ2) is 36.5. The van der Waals surface area contributed by atoms with Gasteiger partial charge in [-0.3, -0.25) is 15.1 Å². The minimum atomic E-state index is -0.845. The number of anilines is 1. The van der Waals surface area contributed by atoms with E-state index in [-0.39, 0.29) is 0 Å². The number of hydrogen-bond acceptors (Lipinski definition) is 4. The van der Waals surface area contributed by atoms with Gasteiger partial charge in [0.05, 0.1) is 10.6 Å². The standard InChI is InChI=1S/C57H88FN3O2/c1-3-5-7-9-11-13-15-17-19-21-23-25-27-29-31-33-47-60(48-34-32-30-28-26-24-22-20-18-16-14-12-10-8-6-4-2)55-44-39-51(40-45-55)35-36-53-38-43-54(59-50-53)42-37-52-41-46-57(61(62)63)56(58)49-52/h35-46,49-50H,3-34,47-48H2,1-2H3/b36-35+,42-37+. The van der Waals surface area contributed by atoms with E-state index in [2.05, 4.69) is 60.1 Å². The van der Waals surface area contributed by atoms with E-state index in [4.69, 9.17) is 0 Å². The van der Waals surface area contributed by atoms with E-state index in [1.807, 2.05) is 18.3 Å². The van der Waals surface area contributed by atoms with Crippen LogP contribution in [0.1, 0.15) is 242 Å². The van der Waals surface area contributed by atoms with Gasteiger partial charge in [-0.15, -0.1) is 0 Å². The lowest BCUT2D eigenvalue weighted by molar-refractivity contribution is -0.387. The van der Waals surface area contributed by atoms with Crippen molar-refractivity contribution in [2.45, 2.75) is 219 Å². The number of benzene rings is 2. The first-order valence-corrected chi connectivity index (χ1v) is 26.1. The summed E-state index contributed by atoms with van der Waals surface area (Å²) in [4.78, 5) is 17.4. The van der Waals surface area contributed by atoms with Crippen LogP contribution in [0.4, 0.5) is 15.8 Å². The Morgan fingerprint density at radius 3 is 1.22 bits per heavy atom. The summed E-state index contributed by atoms with van der Waals surface area (Å²) in [6, 6.07) is 16.9. The lowest BCUT2D eigenvalue weighted by Gasteiger charge is -2.25. The van der Waals surface area contributed by atoms with Gasteiger partial charge in [-0.2, -0.15) is 4.39 Å². The van der Waals surface area contributed by atoms with Crippen LogP contribution in [-0.2, 0) is 0 Å². The number of aromatic nitrogens is 1. The smallest absolute Gasteiger partial charge is 0.304 e. The van der Waals surface area contributed by atoms with Crippen LogP contribution in [-0.4, -0.2) is 23.0 Å². The summed E-state index contributed by atoms with van der Waals surface area (Å²) in [6.07, 6.45) is 54.3. The van der Waals surface area contributed by atoms with Crippen LogP contribution in [0.2, 0.25) is 0 Å². The second-order valence-corrected chi connectivity index (χ2v) is 18.3. The molecule has 6 heteroatoms. The number of nitro groups is 1. The molecule has 0 spiro atoms. The van der Waals surface area contributed by atoms with Crippen LogP contribution in [0.3, 0.4) is 0 Å². The van der Waals surface area contributed by atoms with Crippen LogP contribution in [0, 0.1) is 15.9 Å². The predicted octanol–water partition coefficient (Wildman–Crippen LogP) is 18.8. The van der Waals surface area contributed by atoms with Gasteiger partial charge < -0.3 is 4.90 Å². The molecule has 3 aromatic rings. The zero-order valence-corrected chi connectivity index (χ0v) is 40.2. The Balaban J connectivity index is 1.38. The van der Waals surface area contributed by atoms with Gasteiger partial charge in [0.25, 0.3) is 0 Å². The van der Waals surface area contributed by atoms with Crippen molar-refractivity contribution in [1.29, 1.82) is 0 Å². The summed E-state index contributed by atoms with van der Waals surface area (Å²) < 4.78 is 14.0. The van der Waals surface area contributed by atoms with Crippen molar-refractivity contribution in [1.82, 2.24) is 4.98 Å². The Kier molecular flexibility index (Phi) is 31.0. The molecule has 0 saturated carbocycles. The highest BCUT2D eigenvalue weighted by molar-refractivity contribution is 5.72. The molecule has 0 saturated heterocycles. The monoisotopic (exact) mass is 866 g/mol. The summed E-state index contributed by atoms with van der Waals surface area (Å²) in [5.74, 6) is -0.845. The van der Waals surface area contributed by atoms with Gasteiger partial charge in [0.15, 0.2) is 0 Å². The molecule has 0 bridgehead atoms. The molecule has 0 amide bonds. The van der Waals surface area contributed by atoms with E-state index in [1.165, 1.54) is 229 Å². The Hall–Kier alpha value is -3.80. The first-order valence-electron chi connectivity index (χ1n) is 26.1. The number of halogens is 1. The summed E-state index contributed by atoms with van der Waals surface area (Å²) in [5, 5.41) is 10.9. The minimum absolute atomic E-state index is 0.524. The fourth-order valence-corrected chi connectivity index (χ4v) is 8.63. The summed E-state index contributed by atoms with van der Waals surface area (Å²) in [7, 11) is 0. The number of rotatable bonds is 40. The quantitative estimate of drug-likeness (QED) is 0.0325. The maximum absolute atomic E-state index is 14.0. The molecule has 0 aliphatic carbocycles. The SMILES string of the molecule is CCCCCCCCCCCCCCCCCCN(CCCCCCCCCCCCCCCCCC)c1ccc(/C=C/c2ccc(/C=C/c3ccc([N+](=O)[O-])c(F)c3)nc2)cc1. The third-order valence-corrected chi connectivity index (χ3v) is 12.7. The molecule has 350 valence electrons. The predicted molar refractivity (Wildman–Crippen MR) is 273 cm³/mol. The van der Waals surface area contributed by atoms with E-state index in [9.17, 15) is 14.5 Å². The van der Waals surface area contributed by atoms with E-state index < -0.39 is 16.4 Å². The summed E-state index contributed by atoms with van der Waals surface area (Å²) in [6.45, 7) is 6.87. The molecule has 3 rings (SSSR count). The van der Waals surface area contributed by atoms with Crippen LogP contribution in [0.15, 0.2) is 60.8 Å². The Morgan fingerprint density at radius 1 is 0.476 bits per heavy atom. The molecule has 0 N–H and O–H groups in total. The number of unbranched alkanes of at least 4 members (excludes halogenated alkanes) is 30. The van der Waals surface area contributed by atoms with Crippen LogP contribution in [0.5, 0.6) is 0 Å². The molecule has 0 atom stereocenters. The highest BCUT2D eigenvalue weighted by Crippen LogP contribution is 2.22. The summed E-state index contributed by atoms with van der Waals surface area (Å²) >= 11 is 0. The summed E-state index contributed by atoms with van der Waals surface area (Å²) in [5.41, 5.74) is 4.23. The van der Waals surface area contributed by atoms with Gasteiger partial charge in [0, 0.05) is 31.0 Å². The molecule has 0 aliphatic heterocycles. The highest BCUT2D eigenvalue weighted by Gasteiger charge is 2.13. The molecule has 1 aromatic heterocycles. The number of pyridine rings is 1. The molecular weight excluding hydrogens is 778 g/mol. The second-order valence-electron chi connectivity index (χ2n) is 18.3. The third-order valence-electron chi connectivity index (χ3n) is 12.7. The van der Waals surface area contributed by atoms with Crippen molar-refractivity contribution < 1.29 is 9.31 Å². The van der Waals surface area contributed by atoms with Crippen molar-refractivity contribution in [3.63, 3.8) is 0 Å². The first-order chi connectivity index (χ1) is 31.0. The Labute approximate surface area is 385 Å². The maximum Gasteiger partial charge on any atom is 0.304 e. The minimum Gasteiger partial charge on any atom is -0.372 e. The number of nitro benzene ring substituents is 1. The molecule has 0 unspecified atom stereocenters. The van der Waals surface area contributed by atoms with E-state index in [0.29, 0.717) is 5.56 Å². The van der Waals surface area contributed by atoms with Gasteiger partial charge in [-0.05, 0) is 65.9 Å². The van der Waals surface area contributed by atoms with Gasteiger partial charge in [-0.25, -0.2) is 0 Å². The number of hydrogen-bond donors (Lipinski definition) is 0. The zero-order chi connectivity index (χ0) is 44.8. The van der Waals surface area contributed by atoms with Crippen molar-refractivity contribution in [3.8, 4) is 0 Å². The fraction of sp³-hybridized carbons (Fsp3) is 0.632. The largest absolute Gasteiger partial charge is 0.372 e. The molecule has 2 aromatic carbocycles. The first kappa shape index (κ1) is 53.5. The zero-order valence-electron chi connectivity index (χ0n) is 40.2. The third kappa shape index (κ3) is 26.6. The van der Waals surface area contributed by atoms with Crippen molar-refractivity contribution in [2.75, 3.05) is 18.0 Å². The van der Waals surface area contributed by atoms with E-state index in [0.717, 1.165) is 29.9 Å². The Bertz CT molecular complexity index is 1580.